The summed E-state index contributed by atoms with van der Waals surface area (Å²) in [5, 5.41) is 2.75. The molecule has 0 spiro atoms. The lowest BCUT2D eigenvalue weighted by Gasteiger charge is -2.15. The summed E-state index contributed by atoms with van der Waals surface area (Å²) in [6, 6.07) is 10.6. The van der Waals surface area contributed by atoms with Gasteiger partial charge in [0.2, 0.25) is 0 Å². The lowest BCUT2D eigenvalue weighted by Crippen LogP contribution is -2.33. The van der Waals surface area contributed by atoms with Gasteiger partial charge in [-0.1, -0.05) is 6.07 Å². The average molecular weight is 324 g/mol. The fraction of sp³-hybridized carbons (Fsp3) is 0.312. The van der Waals surface area contributed by atoms with Crippen molar-refractivity contribution in [3.63, 3.8) is 0 Å². The number of carbonyl (C=O) groups excluding carboxylic acids is 1. The Bertz CT molecular complexity index is 626. The molecule has 2 aromatic rings. The van der Waals surface area contributed by atoms with E-state index < -0.39 is 0 Å². The lowest BCUT2D eigenvalue weighted by atomic mass is 10.3. The SMILES string of the molecule is COc1cccc(OC(C)CNC(=O)c2ccc(CCl)o2)c1. The van der Waals surface area contributed by atoms with Crippen molar-refractivity contribution >= 4 is 17.5 Å². The Morgan fingerprint density at radius 2 is 2.09 bits per heavy atom. The zero-order chi connectivity index (χ0) is 15.9. The maximum atomic E-state index is 11.9. The Hall–Kier alpha value is -2.14. The van der Waals surface area contributed by atoms with Crippen molar-refractivity contribution in [2.45, 2.75) is 18.9 Å². The minimum absolute atomic E-state index is 0.196. The number of methoxy groups -OCH3 is 1. The summed E-state index contributed by atoms with van der Waals surface area (Å²) in [5.41, 5.74) is 0. The number of hydrogen-bond acceptors (Lipinski definition) is 4. The molecule has 0 aliphatic rings. The fourth-order valence-corrected chi connectivity index (χ4v) is 1.99. The minimum atomic E-state index is -0.294. The van der Waals surface area contributed by atoms with E-state index in [0.29, 0.717) is 18.1 Å². The van der Waals surface area contributed by atoms with Crippen molar-refractivity contribution in [3.05, 3.63) is 47.9 Å². The third kappa shape index (κ3) is 4.43. The Labute approximate surface area is 134 Å². The largest absolute Gasteiger partial charge is 0.497 e. The minimum Gasteiger partial charge on any atom is -0.497 e. The van der Waals surface area contributed by atoms with Gasteiger partial charge in [0, 0.05) is 6.07 Å². The Kier molecular flexibility index (Phi) is 5.72. The fourth-order valence-electron chi connectivity index (χ4n) is 1.84. The van der Waals surface area contributed by atoms with E-state index in [1.54, 1.807) is 25.3 Å². The quantitative estimate of drug-likeness (QED) is 0.795. The molecule has 5 nitrogen and oxygen atoms in total. The second-order valence-electron chi connectivity index (χ2n) is 4.72. The molecule has 0 aliphatic heterocycles. The number of nitrogens with one attached hydrogen (secondary N) is 1. The summed E-state index contributed by atoms with van der Waals surface area (Å²) < 4.78 is 16.1. The van der Waals surface area contributed by atoms with Gasteiger partial charge < -0.3 is 19.2 Å². The van der Waals surface area contributed by atoms with Crippen LogP contribution in [0.25, 0.3) is 0 Å². The predicted molar refractivity (Wildman–Crippen MR) is 83.7 cm³/mol. The van der Waals surface area contributed by atoms with E-state index >= 15 is 0 Å². The molecule has 0 saturated carbocycles. The second kappa shape index (κ2) is 7.75. The van der Waals surface area contributed by atoms with Gasteiger partial charge in [-0.15, -0.1) is 11.6 Å². The molecule has 0 aliphatic carbocycles. The van der Waals surface area contributed by atoms with Gasteiger partial charge >= 0.3 is 0 Å². The number of ether oxygens (including phenoxy) is 2. The van der Waals surface area contributed by atoms with Gasteiger partial charge in [-0.25, -0.2) is 0 Å². The van der Waals surface area contributed by atoms with E-state index in [1.165, 1.54) is 0 Å². The van der Waals surface area contributed by atoms with Crippen LogP contribution in [0.1, 0.15) is 23.2 Å². The van der Waals surface area contributed by atoms with Crippen LogP contribution in [-0.2, 0) is 5.88 Å². The molecule has 0 bridgehead atoms. The smallest absolute Gasteiger partial charge is 0.287 e. The molecule has 1 N–H and O–H groups in total. The number of furan rings is 1. The van der Waals surface area contributed by atoms with Crippen molar-refractivity contribution in [2.24, 2.45) is 0 Å². The number of amides is 1. The van der Waals surface area contributed by atoms with Gasteiger partial charge in [0.15, 0.2) is 5.76 Å². The van der Waals surface area contributed by atoms with E-state index in [1.807, 2.05) is 25.1 Å². The molecule has 1 heterocycles. The topological polar surface area (TPSA) is 60.7 Å². The summed E-state index contributed by atoms with van der Waals surface area (Å²) in [6.07, 6.45) is -0.196. The maximum Gasteiger partial charge on any atom is 0.287 e. The first-order chi connectivity index (χ1) is 10.6. The first-order valence-electron chi connectivity index (χ1n) is 6.86. The van der Waals surface area contributed by atoms with Gasteiger partial charge in [-0.3, -0.25) is 4.79 Å². The monoisotopic (exact) mass is 323 g/mol. The van der Waals surface area contributed by atoms with E-state index in [2.05, 4.69) is 5.32 Å². The summed E-state index contributed by atoms with van der Waals surface area (Å²) in [7, 11) is 1.60. The summed E-state index contributed by atoms with van der Waals surface area (Å²) in [4.78, 5) is 11.9. The first-order valence-corrected chi connectivity index (χ1v) is 7.39. The van der Waals surface area contributed by atoms with Gasteiger partial charge in [0.25, 0.3) is 5.91 Å². The number of hydrogen-bond donors (Lipinski definition) is 1. The molecular weight excluding hydrogens is 306 g/mol. The Morgan fingerprint density at radius 1 is 1.32 bits per heavy atom. The van der Waals surface area contributed by atoms with E-state index in [0.717, 1.165) is 5.75 Å². The standard InChI is InChI=1S/C16H18ClNO4/c1-11(21-13-5-3-4-12(8-13)20-2)10-18-16(19)15-7-6-14(9-17)22-15/h3-8,11H,9-10H2,1-2H3,(H,18,19). The number of rotatable bonds is 7. The maximum absolute atomic E-state index is 11.9. The van der Waals surface area contributed by atoms with Gasteiger partial charge in [-0.2, -0.15) is 0 Å². The van der Waals surface area contributed by atoms with E-state index in [9.17, 15) is 4.79 Å². The highest BCUT2D eigenvalue weighted by molar-refractivity contribution is 6.16. The Balaban J connectivity index is 1.84. The number of carbonyl (C=O) groups is 1. The van der Waals surface area contributed by atoms with Crippen molar-refractivity contribution in [3.8, 4) is 11.5 Å². The van der Waals surface area contributed by atoms with Crippen molar-refractivity contribution in [1.29, 1.82) is 0 Å². The molecule has 2 rings (SSSR count). The Morgan fingerprint density at radius 3 is 2.77 bits per heavy atom. The van der Waals surface area contributed by atoms with Crippen molar-refractivity contribution in [2.75, 3.05) is 13.7 Å². The zero-order valence-electron chi connectivity index (χ0n) is 12.5. The molecule has 1 atom stereocenters. The predicted octanol–water partition coefficient (Wildman–Crippen LogP) is 3.22. The van der Waals surface area contributed by atoms with Crippen LogP contribution in [0.2, 0.25) is 0 Å². The summed E-state index contributed by atoms with van der Waals surface area (Å²) in [5.74, 6) is 2.15. The number of halogens is 1. The van der Waals surface area contributed by atoms with Crippen molar-refractivity contribution in [1.82, 2.24) is 5.32 Å². The van der Waals surface area contributed by atoms with Gasteiger partial charge in [0.1, 0.15) is 23.4 Å². The molecular formula is C16H18ClNO4. The van der Waals surface area contributed by atoms with Crippen LogP contribution in [0.15, 0.2) is 40.8 Å². The van der Waals surface area contributed by atoms with Crippen LogP contribution in [0, 0.1) is 0 Å². The third-order valence-electron chi connectivity index (χ3n) is 2.95. The molecule has 1 aromatic carbocycles. The average Bonchev–Trinajstić information content (AvgIpc) is 3.02. The highest BCUT2D eigenvalue weighted by Gasteiger charge is 2.12. The summed E-state index contributed by atoms with van der Waals surface area (Å²) >= 11 is 5.63. The second-order valence-corrected chi connectivity index (χ2v) is 4.98. The molecule has 1 amide bonds. The van der Waals surface area contributed by atoms with Gasteiger partial charge in [-0.05, 0) is 31.2 Å². The van der Waals surface area contributed by atoms with Crippen LogP contribution in [0.5, 0.6) is 11.5 Å². The van der Waals surface area contributed by atoms with Gasteiger partial charge in [0.05, 0.1) is 19.5 Å². The number of alkyl halides is 1. The van der Waals surface area contributed by atoms with E-state index in [4.69, 9.17) is 25.5 Å². The van der Waals surface area contributed by atoms with Crippen LogP contribution in [0.4, 0.5) is 0 Å². The molecule has 0 saturated heterocycles. The molecule has 6 heteroatoms. The highest BCUT2D eigenvalue weighted by atomic mass is 35.5. The van der Waals surface area contributed by atoms with Crippen LogP contribution in [0.3, 0.4) is 0 Å². The molecule has 22 heavy (non-hydrogen) atoms. The number of benzene rings is 1. The van der Waals surface area contributed by atoms with Crippen LogP contribution in [-0.4, -0.2) is 25.7 Å². The van der Waals surface area contributed by atoms with Crippen LogP contribution < -0.4 is 14.8 Å². The molecule has 118 valence electrons. The normalized spacial score (nSPS) is 11.8. The molecule has 0 fully saturated rings. The summed E-state index contributed by atoms with van der Waals surface area (Å²) in [6.45, 7) is 2.22. The third-order valence-corrected chi connectivity index (χ3v) is 3.21. The molecule has 1 unspecified atom stereocenters. The molecule has 0 radical (unpaired) electrons. The highest BCUT2D eigenvalue weighted by Crippen LogP contribution is 2.19. The lowest BCUT2D eigenvalue weighted by molar-refractivity contribution is 0.0903. The van der Waals surface area contributed by atoms with Crippen molar-refractivity contribution < 1.29 is 18.7 Å². The van der Waals surface area contributed by atoms with Crippen LogP contribution >= 0.6 is 11.6 Å². The van der Waals surface area contributed by atoms with E-state index in [-0.39, 0.29) is 23.7 Å². The molecule has 1 aromatic heterocycles. The zero-order valence-corrected chi connectivity index (χ0v) is 13.2. The first kappa shape index (κ1) is 16.2.